The number of aliphatic carboxylic acids is 1. The Balaban J connectivity index is 2.55. The van der Waals surface area contributed by atoms with Crippen LogP contribution in [0.5, 0.6) is 0 Å². The summed E-state index contributed by atoms with van der Waals surface area (Å²) in [4.78, 5) is 11.5. The number of carboxylic acid groups (broad SMARTS) is 1. The molecular weight excluding hydrogens is 216 g/mol. The lowest BCUT2D eigenvalue weighted by Crippen LogP contribution is -2.33. The standard InChI is InChI=1S/C14H26O3/c1-13(2,3)17-11-10-14(12(15)16)8-6-4-5-7-9-14/h4-11H2,1-3H3,(H,15,16). The van der Waals surface area contributed by atoms with Crippen molar-refractivity contribution in [2.45, 2.75) is 71.3 Å². The summed E-state index contributed by atoms with van der Waals surface area (Å²) >= 11 is 0. The van der Waals surface area contributed by atoms with E-state index in [2.05, 4.69) is 0 Å². The van der Waals surface area contributed by atoms with Gasteiger partial charge in [0.2, 0.25) is 0 Å². The molecule has 1 saturated carbocycles. The molecule has 100 valence electrons. The van der Waals surface area contributed by atoms with Crippen LogP contribution in [0.15, 0.2) is 0 Å². The molecule has 0 aromatic heterocycles. The molecule has 3 nitrogen and oxygen atoms in total. The van der Waals surface area contributed by atoms with Gasteiger partial charge in [-0.1, -0.05) is 25.7 Å². The summed E-state index contributed by atoms with van der Waals surface area (Å²) in [6.07, 6.45) is 6.72. The minimum absolute atomic E-state index is 0.176. The van der Waals surface area contributed by atoms with E-state index in [1.807, 2.05) is 20.8 Å². The van der Waals surface area contributed by atoms with Crippen LogP contribution in [-0.2, 0) is 9.53 Å². The molecular formula is C14H26O3. The molecule has 0 heterocycles. The fourth-order valence-corrected chi connectivity index (χ4v) is 2.53. The van der Waals surface area contributed by atoms with Crippen molar-refractivity contribution in [3.05, 3.63) is 0 Å². The van der Waals surface area contributed by atoms with Gasteiger partial charge in [-0.05, 0) is 40.0 Å². The molecule has 0 unspecified atom stereocenters. The summed E-state index contributed by atoms with van der Waals surface area (Å²) in [5.41, 5.74) is -0.702. The summed E-state index contributed by atoms with van der Waals surface area (Å²) in [6.45, 7) is 6.57. The van der Waals surface area contributed by atoms with Crippen LogP contribution in [0, 0.1) is 5.41 Å². The maximum atomic E-state index is 11.5. The van der Waals surface area contributed by atoms with Crippen molar-refractivity contribution in [1.29, 1.82) is 0 Å². The molecule has 3 heteroatoms. The van der Waals surface area contributed by atoms with E-state index < -0.39 is 11.4 Å². The fourth-order valence-electron chi connectivity index (χ4n) is 2.53. The Kier molecular flexibility index (Phi) is 4.99. The monoisotopic (exact) mass is 242 g/mol. The Hall–Kier alpha value is -0.570. The van der Waals surface area contributed by atoms with Crippen LogP contribution >= 0.6 is 0 Å². The number of carbonyl (C=O) groups is 1. The molecule has 0 bridgehead atoms. The van der Waals surface area contributed by atoms with E-state index in [9.17, 15) is 9.90 Å². The Labute approximate surface area is 105 Å². The van der Waals surface area contributed by atoms with E-state index in [1.54, 1.807) is 0 Å². The molecule has 17 heavy (non-hydrogen) atoms. The lowest BCUT2D eigenvalue weighted by Gasteiger charge is -2.29. The predicted octanol–water partition coefficient (Wildman–Crippen LogP) is 3.62. The second-order valence-corrected chi connectivity index (χ2v) is 6.21. The minimum atomic E-state index is -0.628. The van der Waals surface area contributed by atoms with E-state index >= 15 is 0 Å². The molecule has 0 aromatic rings. The SMILES string of the molecule is CC(C)(C)OCCC1(C(=O)O)CCCCCC1. The highest BCUT2D eigenvalue weighted by Crippen LogP contribution is 2.38. The molecule has 0 radical (unpaired) electrons. The first-order valence-corrected chi connectivity index (χ1v) is 6.73. The molecule has 1 aliphatic rings. The third-order valence-corrected chi connectivity index (χ3v) is 3.63. The highest BCUT2D eigenvalue weighted by molar-refractivity contribution is 5.74. The van der Waals surface area contributed by atoms with Gasteiger partial charge in [0.15, 0.2) is 0 Å². The van der Waals surface area contributed by atoms with Crippen LogP contribution in [-0.4, -0.2) is 23.3 Å². The Morgan fingerprint density at radius 1 is 1.18 bits per heavy atom. The zero-order chi connectivity index (χ0) is 12.9. The van der Waals surface area contributed by atoms with Crippen molar-refractivity contribution in [2.75, 3.05) is 6.61 Å². The quantitative estimate of drug-likeness (QED) is 0.766. The van der Waals surface area contributed by atoms with E-state index in [0.717, 1.165) is 25.7 Å². The first-order valence-electron chi connectivity index (χ1n) is 6.73. The molecule has 0 aromatic carbocycles. The lowest BCUT2D eigenvalue weighted by molar-refractivity contribution is -0.152. The minimum Gasteiger partial charge on any atom is -0.481 e. The van der Waals surface area contributed by atoms with Crippen LogP contribution < -0.4 is 0 Å². The summed E-state index contributed by atoms with van der Waals surface area (Å²) in [5.74, 6) is -0.628. The largest absolute Gasteiger partial charge is 0.481 e. The number of hydrogen-bond donors (Lipinski definition) is 1. The van der Waals surface area contributed by atoms with Gasteiger partial charge in [-0.15, -0.1) is 0 Å². The van der Waals surface area contributed by atoms with Gasteiger partial charge in [0, 0.05) is 6.61 Å². The van der Waals surface area contributed by atoms with Crippen LogP contribution in [0.3, 0.4) is 0 Å². The van der Waals surface area contributed by atoms with Crippen molar-refractivity contribution in [3.63, 3.8) is 0 Å². The van der Waals surface area contributed by atoms with Crippen molar-refractivity contribution in [1.82, 2.24) is 0 Å². The summed E-state index contributed by atoms with van der Waals surface area (Å²) in [5, 5.41) is 9.49. The first kappa shape index (κ1) is 14.5. The zero-order valence-corrected chi connectivity index (χ0v) is 11.4. The number of carboxylic acids is 1. The Morgan fingerprint density at radius 2 is 1.71 bits per heavy atom. The normalized spacial score (nSPS) is 20.9. The van der Waals surface area contributed by atoms with Crippen molar-refractivity contribution < 1.29 is 14.6 Å². The zero-order valence-electron chi connectivity index (χ0n) is 11.4. The van der Waals surface area contributed by atoms with E-state index in [-0.39, 0.29) is 5.60 Å². The highest BCUT2D eigenvalue weighted by Gasteiger charge is 2.38. The van der Waals surface area contributed by atoms with Gasteiger partial charge in [0.1, 0.15) is 0 Å². The van der Waals surface area contributed by atoms with Gasteiger partial charge in [-0.3, -0.25) is 4.79 Å². The van der Waals surface area contributed by atoms with Crippen LogP contribution in [0.1, 0.15) is 65.7 Å². The lowest BCUT2D eigenvalue weighted by atomic mass is 9.78. The Bertz CT molecular complexity index is 245. The van der Waals surface area contributed by atoms with Gasteiger partial charge in [0.25, 0.3) is 0 Å². The fraction of sp³-hybridized carbons (Fsp3) is 0.929. The molecule has 1 rings (SSSR count). The van der Waals surface area contributed by atoms with E-state index in [4.69, 9.17) is 4.74 Å². The van der Waals surface area contributed by atoms with E-state index in [0.29, 0.717) is 13.0 Å². The van der Waals surface area contributed by atoms with Gasteiger partial charge >= 0.3 is 5.97 Å². The maximum Gasteiger partial charge on any atom is 0.309 e. The second kappa shape index (κ2) is 5.85. The summed E-state index contributed by atoms with van der Waals surface area (Å²) < 4.78 is 5.68. The van der Waals surface area contributed by atoms with Crippen molar-refractivity contribution >= 4 is 5.97 Å². The molecule has 1 fully saturated rings. The van der Waals surface area contributed by atoms with Gasteiger partial charge in [-0.25, -0.2) is 0 Å². The average molecular weight is 242 g/mol. The molecule has 0 atom stereocenters. The first-order chi connectivity index (χ1) is 7.86. The molecule has 1 N–H and O–H groups in total. The van der Waals surface area contributed by atoms with Crippen LogP contribution in [0.25, 0.3) is 0 Å². The van der Waals surface area contributed by atoms with Gasteiger partial charge in [-0.2, -0.15) is 0 Å². The van der Waals surface area contributed by atoms with Crippen molar-refractivity contribution in [3.8, 4) is 0 Å². The second-order valence-electron chi connectivity index (χ2n) is 6.21. The summed E-state index contributed by atoms with van der Waals surface area (Å²) in [7, 11) is 0. The molecule has 0 spiro atoms. The highest BCUT2D eigenvalue weighted by atomic mass is 16.5. The molecule has 0 amide bonds. The number of ether oxygens (including phenoxy) is 1. The van der Waals surface area contributed by atoms with Crippen molar-refractivity contribution in [2.24, 2.45) is 5.41 Å². The number of rotatable bonds is 4. The van der Waals surface area contributed by atoms with Gasteiger partial charge < -0.3 is 9.84 Å². The third-order valence-electron chi connectivity index (χ3n) is 3.63. The maximum absolute atomic E-state index is 11.5. The number of hydrogen-bond acceptors (Lipinski definition) is 2. The Morgan fingerprint density at radius 3 is 2.12 bits per heavy atom. The van der Waals surface area contributed by atoms with Gasteiger partial charge in [0.05, 0.1) is 11.0 Å². The van der Waals surface area contributed by atoms with E-state index in [1.165, 1.54) is 12.8 Å². The molecule has 1 aliphatic carbocycles. The smallest absolute Gasteiger partial charge is 0.309 e. The van der Waals surface area contributed by atoms with Crippen LogP contribution in [0.2, 0.25) is 0 Å². The third kappa shape index (κ3) is 4.66. The topological polar surface area (TPSA) is 46.5 Å². The average Bonchev–Trinajstić information content (AvgIpc) is 2.42. The molecule has 0 aliphatic heterocycles. The summed E-state index contributed by atoms with van der Waals surface area (Å²) in [6, 6.07) is 0. The van der Waals surface area contributed by atoms with Crippen LogP contribution in [0.4, 0.5) is 0 Å². The predicted molar refractivity (Wildman–Crippen MR) is 68.1 cm³/mol. The molecule has 0 saturated heterocycles.